The van der Waals surface area contributed by atoms with Crippen molar-refractivity contribution >= 4 is 29.5 Å². The van der Waals surface area contributed by atoms with E-state index in [1.165, 1.54) is 18.7 Å². The Morgan fingerprint density at radius 2 is 1.94 bits per heavy atom. The Labute approximate surface area is 183 Å². The molecule has 2 aromatic carbocycles. The zero-order valence-electron chi connectivity index (χ0n) is 16.6. The third-order valence-electron chi connectivity index (χ3n) is 4.69. The lowest BCUT2D eigenvalue weighted by atomic mass is 10.1. The number of benzene rings is 2. The lowest BCUT2D eigenvalue weighted by Crippen LogP contribution is -2.22. The highest BCUT2D eigenvalue weighted by molar-refractivity contribution is 7.99. The molecule has 2 N–H and O–H groups in total. The molecular weight excluding hydrogens is 414 g/mol. The number of ketones is 1. The van der Waals surface area contributed by atoms with Gasteiger partial charge >= 0.3 is 6.03 Å². The van der Waals surface area contributed by atoms with Gasteiger partial charge in [0.1, 0.15) is 18.4 Å². The Morgan fingerprint density at radius 1 is 1.13 bits per heavy atom. The number of hydrogen-bond donors (Lipinski definition) is 2. The van der Waals surface area contributed by atoms with Gasteiger partial charge in [-0.05, 0) is 48.9 Å². The first-order chi connectivity index (χ1) is 15.0. The lowest BCUT2D eigenvalue weighted by molar-refractivity contribution is -0.120. The van der Waals surface area contributed by atoms with Crippen LogP contribution in [-0.2, 0) is 11.4 Å². The molecule has 1 atom stereocenters. The van der Waals surface area contributed by atoms with E-state index in [-0.39, 0.29) is 11.7 Å². The summed E-state index contributed by atoms with van der Waals surface area (Å²) in [5.74, 6) is 0.342. The number of nitrogens with one attached hydrogen (secondary N) is 2. The summed E-state index contributed by atoms with van der Waals surface area (Å²) in [4.78, 5) is 40.9. The molecular formula is C23H19N3O4S. The van der Waals surface area contributed by atoms with Crippen LogP contribution in [0.4, 0.5) is 4.79 Å². The largest absolute Gasteiger partial charge is 0.489 e. The number of pyridine rings is 1. The number of Topliss-reactive ketones (excluding diaryl/α,β-unsaturated/α-hetero) is 1. The van der Waals surface area contributed by atoms with Gasteiger partial charge in [0.25, 0.3) is 5.91 Å². The zero-order valence-corrected chi connectivity index (χ0v) is 17.4. The predicted octanol–water partition coefficient (Wildman–Crippen LogP) is 3.89. The summed E-state index contributed by atoms with van der Waals surface area (Å²) < 4.78 is 5.83. The molecule has 3 amide bonds. The standard InChI is InChI=1S/C23H19N3O4S/c1-14(27)16-4-2-3-15(11-16)13-30-17-5-7-18(8-6-17)31-20-12-24-10-9-19(20)21-22(28)26-23(29)25-21/h2-12,21H,13H2,1H3,(H2,25,26,28,29). The van der Waals surface area contributed by atoms with E-state index < -0.39 is 12.1 Å². The van der Waals surface area contributed by atoms with Crippen LogP contribution in [0.25, 0.3) is 0 Å². The van der Waals surface area contributed by atoms with E-state index in [0.717, 1.165) is 15.4 Å². The molecule has 1 fully saturated rings. The van der Waals surface area contributed by atoms with Gasteiger partial charge in [-0.3, -0.25) is 19.9 Å². The highest BCUT2D eigenvalue weighted by atomic mass is 32.2. The van der Waals surface area contributed by atoms with Crippen molar-refractivity contribution in [2.75, 3.05) is 0 Å². The van der Waals surface area contributed by atoms with Gasteiger partial charge in [-0.1, -0.05) is 30.0 Å². The fourth-order valence-electron chi connectivity index (χ4n) is 3.13. The lowest BCUT2D eigenvalue weighted by Gasteiger charge is -2.13. The van der Waals surface area contributed by atoms with E-state index in [9.17, 15) is 14.4 Å². The number of ether oxygens (including phenoxy) is 1. The number of carbonyl (C=O) groups is 3. The highest BCUT2D eigenvalue weighted by Crippen LogP contribution is 2.34. The van der Waals surface area contributed by atoms with Gasteiger partial charge in [-0.15, -0.1) is 0 Å². The van der Waals surface area contributed by atoms with Crippen molar-refractivity contribution in [3.05, 3.63) is 83.7 Å². The molecule has 1 saturated heterocycles. The Hall–Kier alpha value is -3.65. The third-order valence-corrected chi connectivity index (χ3v) is 5.76. The molecule has 4 rings (SSSR count). The SMILES string of the molecule is CC(=O)c1cccc(COc2ccc(Sc3cnccc3C3NC(=O)NC3=O)cc2)c1. The van der Waals surface area contributed by atoms with Gasteiger partial charge in [-0.2, -0.15) is 0 Å². The van der Waals surface area contributed by atoms with Gasteiger partial charge in [0, 0.05) is 33.3 Å². The van der Waals surface area contributed by atoms with Crippen molar-refractivity contribution in [3.8, 4) is 5.75 Å². The molecule has 1 unspecified atom stereocenters. The molecule has 31 heavy (non-hydrogen) atoms. The zero-order chi connectivity index (χ0) is 21.8. The minimum atomic E-state index is -0.730. The van der Waals surface area contributed by atoms with Gasteiger partial charge < -0.3 is 10.1 Å². The molecule has 0 spiro atoms. The molecule has 3 aromatic rings. The van der Waals surface area contributed by atoms with Gasteiger partial charge in [0.15, 0.2) is 5.78 Å². The summed E-state index contributed by atoms with van der Waals surface area (Å²) in [5.41, 5.74) is 2.27. The number of amides is 3. The topological polar surface area (TPSA) is 97.4 Å². The van der Waals surface area contributed by atoms with Crippen LogP contribution in [0.15, 0.2) is 76.8 Å². The third kappa shape index (κ3) is 4.92. The second-order valence-electron chi connectivity index (χ2n) is 6.93. The molecule has 0 saturated carbocycles. The summed E-state index contributed by atoms with van der Waals surface area (Å²) in [5, 5.41) is 4.86. The van der Waals surface area contributed by atoms with E-state index in [4.69, 9.17) is 4.74 Å². The summed E-state index contributed by atoms with van der Waals surface area (Å²) in [6.45, 7) is 1.90. The Morgan fingerprint density at radius 3 is 2.65 bits per heavy atom. The molecule has 1 aliphatic heterocycles. The maximum absolute atomic E-state index is 12.0. The average Bonchev–Trinajstić information content (AvgIpc) is 3.11. The van der Waals surface area contributed by atoms with Crippen LogP contribution in [0, 0.1) is 0 Å². The maximum atomic E-state index is 12.0. The molecule has 7 nitrogen and oxygen atoms in total. The van der Waals surface area contributed by atoms with Gasteiger partial charge in [0.05, 0.1) is 0 Å². The normalized spacial score (nSPS) is 15.3. The van der Waals surface area contributed by atoms with E-state index >= 15 is 0 Å². The maximum Gasteiger partial charge on any atom is 0.322 e. The second kappa shape index (κ2) is 9.01. The van der Waals surface area contributed by atoms with Crippen LogP contribution < -0.4 is 15.4 Å². The number of urea groups is 1. The van der Waals surface area contributed by atoms with E-state index in [0.29, 0.717) is 23.5 Å². The fourth-order valence-corrected chi connectivity index (χ4v) is 4.07. The smallest absolute Gasteiger partial charge is 0.322 e. The van der Waals surface area contributed by atoms with Crippen molar-refractivity contribution in [1.29, 1.82) is 0 Å². The van der Waals surface area contributed by atoms with Crippen molar-refractivity contribution in [2.24, 2.45) is 0 Å². The molecule has 156 valence electrons. The first kappa shape index (κ1) is 20.6. The first-order valence-corrected chi connectivity index (χ1v) is 10.4. The molecule has 0 aliphatic carbocycles. The van der Waals surface area contributed by atoms with E-state index in [1.807, 2.05) is 42.5 Å². The number of rotatable bonds is 7. The molecule has 0 bridgehead atoms. The van der Waals surface area contributed by atoms with Crippen molar-refractivity contribution < 1.29 is 19.1 Å². The molecule has 8 heteroatoms. The molecule has 1 aromatic heterocycles. The summed E-state index contributed by atoms with van der Waals surface area (Å²) in [6, 6.07) is 15.4. The van der Waals surface area contributed by atoms with Gasteiger partial charge in [0.2, 0.25) is 0 Å². The van der Waals surface area contributed by atoms with E-state index in [1.54, 1.807) is 24.5 Å². The van der Waals surface area contributed by atoms with Crippen LogP contribution >= 0.6 is 11.8 Å². The summed E-state index contributed by atoms with van der Waals surface area (Å²) in [7, 11) is 0. The van der Waals surface area contributed by atoms with Crippen molar-refractivity contribution in [2.45, 2.75) is 29.4 Å². The Bertz CT molecular complexity index is 1150. The number of nitrogens with zero attached hydrogens (tertiary/aromatic N) is 1. The quantitative estimate of drug-likeness (QED) is 0.433. The monoisotopic (exact) mass is 433 g/mol. The van der Waals surface area contributed by atoms with Crippen LogP contribution in [0.2, 0.25) is 0 Å². The Balaban J connectivity index is 1.43. The van der Waals surface area contributed by atoms with Crippen LogP contribution in [0.5, 0.6) is 5.75 Å². The van der Waals surface area contributed by atoms with Crippen molar-refractivity contribution in [3.63, 3.8) is 0 Å². The molecule has 0 radical (unpaired) electrons. The van der Waals surface area contributed by atoms with Crippen LogP contribution in [0.3, 0.4) is 0 Å². The molecule has 2 heterocycles. The number of carbonyl (C=O) groups excluding carboxylic acids is 3. The Kier molecular flexibility index (Phi) is 5.99. The average molecular weight is 433 g/mol. The van der Waals surface area contributed by atoms with Crippen molar-refractivity contribution in [1.82, 2.24) is 15.6 Å². The second-order valence-corrected chi connectivity index (χ2v) is 8.04. The number of hydrogen-bond acceptors (Lipinski definition) is 6. The number of aromatic nitrogens is 1. The molecule has 1 aliphatic rings. The minimum Gasteiger partial charge on any atom is -0.489 e. The van der Waals surface area contributed by atoms with E-state index in [2.05, 4.69) is 15.6 Å². The van der Waals surface area contributed by atoms with Gasteiger partial charge in [-0.25, -0.2) is 4.79 Å². The predicted molar refractivity (Wildman–Crippen MR) is 115 cm³/mol. The highest BCUT2D eigenvalue weighted by Gasteiger charge is 2.32. The minimum absolute atomic E-state index is 0.0210. The summed E-state index contributed by atoms with van der Waals surface area (Å²) >= 11 is 1.45. The van der Waals surface area contributed by atoms with Crippen LogP contribution in [0.1, 0.15) is 34.5 Å². The first-order valence-electron chi connectivity index (χ1n) is 9.55. The summed E-state index contributed by atoms with van der Waals surface area (Å²) in [6.07, 6.45) is 3.26. The fraction of sp³-hybridized carbons (Fsp3) is 0.130. The van der Waals surface area contributed by atoms with Crippen LogP contribution in [-0.4, -0.2) is 22.7 Å². The number of imide groups is 1.